The second-order valence-corrected chi connectivity index (χ2v) is 9.53. The number of piperazine rings is 1. The highest BCUT2D eigenvalue weighted by Crippen LogP contribution is 2.19. The van der Waals surface area contributed by atoms with Gasteiger partial charge >= 0.3 is 0 Å². The van der Waals surface area contributed by atoms with E-state index < -0.39 is 32.8 Å². The third-order valence-electron chi connectivity index (χ3n) is 5.37. The molecule has 32 heavy (non-hydrogen) atoms. The van der Waals surface area contributed by atoms with Crippen molar-refractivity contribution < 1.29 is 27.2 Å². The SMILES string of the molecule is CC(=O)N1CCN(C(=O)[C@@H](NC(=O)c2ccccc2C)S(=O)(=O)c2ccc(F)cc2)CC1. The van der Waals surface area contributed by atoms with Crippen molar-refractivity contribution in [1.82, 2.24) is 15.1 Å². The standard InChI is InChI=1S/C22H24FN3O5S/c1-15-5-3-4-6-19(15)20(28)24-21(32(30,31)18-9-7-17(23)8-10-18)22(29)26-13-11-25(12-14-26)16(2)27/h3-10,21H,11-14H2,1-2H3,(H,24,28)/t21-/m0/s1. The van der Waals surface area contributed by atoms with Crippen molar-refractivity contribution in [3.63, 3.8) is 0 Å². The van der Waals surface area contributed by atoms with Gasteiger partial charge in [0.25, 0.3) is 11.8 Å². The lowest BCUT2D eigenvalue weighted by Crippen LogP contribution is -2.57. The number of sulfone groups is 1. The highest BCUT2D eigenvalue weighted by atomic mass is 32.2. The molecule has 0 saturated carbocycles. The van der Waals surface area contributed by atoms with Gasteiger partial charge in [0.05, 0.1) is 4.90 Å². The Morgan fingerprint density at radius 3 is 2.06 bits per heavy atom. The van der Waals surface area contributed by atoms with Gasteiger partial charge in [0, 0.05) is 38.7 Å². The zero-order chi connectivity index (χ0) is 23.5. The van der Waals surface area contributed by atoms with Crippen molar-refractivity contribution in [2.24, 2.45) is 0 Å². The smallest absolute Gasteiger partial charge is 0.261 e. The maximum atomic E-state index is 13.3. The minimum atomic E-state index is -4.38. The molecular formula is C22H24FN3O5S. The number of carbonyl (C=O) groups is 3. The number of hydrogen-bond donors (Lipinski definition) is 1. The van der Waals surface area contributed by atoms with Crippen molar-refractivity contribution in [3.8, 4) is 0 Å². The van der Waals surface area contributed by atoms with Crippen LogP contribution in [0, 0.1) is 12.7 Å². The highest BCUT2D eigenvalue weighted by molar-refractivity contribution is 7.92. The van der Waals surface area contributed by atoms with Crippen LogP contribution in [0.1, 0.15) is 22.8 Å². The highest BCUT2D eigenvalue weighted by Gasteiger charge is 2.39. The zero-order valence-electron chi connectivity index (χ0n) is 17.7. The molecule has 2 aromatic rings. The Labute approximate surface area is 185 Å². The van der Waals surface area contributed by atoms with Crippen LogP contribution < -0.4 is 5.32 Å². The van der Waals surface area contributed by atoms with Crippen LogP contribution in [0.4, 0.5) is 4.39 Å². The number of aryl methyl sites for hydroxylation is 1. The van der Waals surface area contributed by atoms with Crippen molar-refractivity contribution in [2.75, 3.05) is 26.2 Å². The van der Waals surface area contributed by atoms with Gasteiger partial charge in [0.2, 0.25) is 21.1 Å². The maximum Gasteiger partial charge on any atom is 0.261 e. The molecule has 0 aliphatic carbocycles. The predicted molar refractivity (Wildman–Crippen MR) is 115 cm³/mol. The van der Waals surface area contributed by atoms with Crippen LogP contribution in [0.25, 0.3) is 0 Å². The van der Waals surface area contributed by atoms with Gasteiger partial charge in [-0.25, -0.2) is 12.8 Å². The first-order valence-electron chi connectivity index (χ1n) is 10.0. The first-order valence-corrected chi connectivity index (χ1v) is 11.6. The number of amides is 3. The van der Waals surface area contributed by atoms with Gasteiger partial charge in [-0.2, -0.15) is 0 Å². The molecule has 1 aliphatic rings. The lowest BCUT2D eigenvalue weighted by molar-refractivity contribution is -0.138. The molecule has 3 amide bonds. The fraction of sp³-hybridized carbons (Fsp3) is 0.318. The molecule has 0 aromatic heterocycles. The van der Waals surface area contributed by atoms with Crippen LogP contribution in [-0.4, -0.2) is 67.5 Å². The van der Waals surface area contributed by atoms with Crippen molar-refractivity contribution in [1.29, 1.82) is 0 Å². The average Bonchev–Trinajstić information content (AvgIpc) is 2.77. The van der Waals surface area contributed by atoms with Crippen LogP contribution in [0.15, 0.2) is 53.4 Å². The van der Waals surface area contributed by atoms with Gasteiger partial charge in [-0.15, -0.1) is 0 Å². The van der Waals surface area contributed by atoms with E-state index in [2.05, 4.69) is 5.32 Å². The second-order valence-electron chi connectivity index (χ2n) is 7.50. The number of rotatable bonds is 5. The van der Waals surface area contributed by atoms with E-state index >= 15 is 0 Å². The average molecular weight is 462 g/mol. The number of benzene rings is 2. The normalized spacial score (nSPS) is 15.2. The van der Waals surface area contributed by atoms with Crippen LogP contribution >= 0.6 is 0 Å². The molecular weight excluding hydrogens is 437 g/mol. The van der Waals surface area contributed by atoms with E-state index in [0.717, 1.165) is 24.3 Å². The third-order valence-corrected chi connectivity index (χ3v) is 7.23. The van der Waals surface area contributed by atoms with Gasteiger partial charge in [-0.05, 0) is 42.8 Å². The molecule has 1 N–H and O–H groups in total. The first kappa shape index (κ1) is 23.4. The molecule has 2 aromatic carbocycles. The number of carbonyl (C=O) groups excluding carboxylic acids is 3. The maximum absolute atomic E-state index is 13.3. The van der Waals surface area contributed by atoms with E-state index in [1.807, 2.05) is 0 Å². The number of halogens is 1. The Balaban J connectivity index is 1.93. The quantitative estimate of drug-likeness (QED) is 0.677. The lowest BCUT2D eigenvalue weighted by atomic mass is 10.1. The molecule has 1 aliphatic heterocycles. The predicted octanol–water partition coefficient (Wildman–Crippen LogP) is 1.35. The van der Waals surface area contributed by atoms with Gasteiger partial charge in [-0.3, -0.25) is 14.4 Å². The van der Waals surface area contributed by atoms with E-state index in [9.17, 15) is 27.2 Å². The van der Waals surface area contributed by atoms with E-state index in [-0.39, 0.29) is 42.5 Å². The Morgan fingerprint density at radius 1 is 0.938 bits per heavy atom. The van der Waals surface area contributed by atoms with Crippen LogP contribution in [0.5, 0.6) is 0 Å². The molecule has 1 atom stereocenters. The summed E-state index contributed by atoms with van der Waals surface area (Å²) in [6, 6.07) is 10.7. The Morgan fingerprint density at radius 2 is 1.50 bits per heavy atom. The van der Waals surface area contributed by atoms with Crippen molar-refractivity contribution in [2.45, 2.75) is 24.1 Å². The van der Waals surface area contributed by atoms with Gasteiger partial charge in [0.15, 0.2) is 0 Å². The molecule has 1 fully saturated rings. The molecule has 0 unspecified atom stereocenters. The molecule has 3 rings (SSSR count). The van der Waals surface area contributed by atoms with Crippen LogP contribution in [0.2, 0.25) is 0 Å². The van der Waals surface area contributed by atoms with E-state index in [1.54, 1.807) is 30.0 Å². The van der Waals surface area contributed by atoms with Crippen LogP contribution in [-0.2, 0) is 19.4 Å². The Hall–Kier alpha value is -3.27. The fourth-order valence-electron chi connectivity index (χ4n) is 3.46. The molecule has 8 nitrogen and oxygen atoms in total. The van der Waals surface area contributed by atoms with Crippen LogP contribution in [0.3, 0.4) is 0 Å². The summed E-state index contributed by atoms with van der Waals surface area (Å²) in [4.78, 5) is 40.3. The Kier molecular flexibility index (Phi) is 6.93. The second kappa shape index (κ2) is 9.47. The van der Waals surface area contributed by atoms with Crippen molar-refractivity contribution in [3.05, 3.63) is 65.5 Å². The Bertz CT molecular complexity index is 1130. The fourth-order valence-corrected chi connectivity index (χ4v) is 4.93. The molecule has 10 heteroatoms. The molecule has 170 valence electrons. The minimum Gasteiger partial charge on any atom is -0.339 e. The largest absolute Gasteiger partial charge is 0.339 e. The summed E-state index contributed by atoms with van der Waals surface area (Å²) < 4.78 is 39.9. The minimum absolute atomic E-state index is 0.133. The summed E-state index contributed by atoms with van der Waals surface area (Å²) in [5.41, 5.74) is 0.853. The third kappa shape index (κ3) is 4.96. The summed E-state index contributed by atoms with van der Waals surface area (Å²) in [7, 11) is -4.38. The molecule has 0 radical (unpaired) electrons. The van der Waals surface area contributed by atoms with Gasteiger partial charge in [0.1, 0.15) is 5.82 Å². The zero-order valence-corrected chi connectivity index (χ0v) is 18.6. The summed E-state index contributed by atoms with van der Waals surface area (Å²) in [5, 5.41) is 0.467. The van der Waals surface area contributed by atoms with E-state index in [1.165, 1.54) is 17.9 Å². The number of nitrogens with one attached hydrogen (secondary N) is 1. The van der Waals surface area contributed by atoms with E-state index in [0.29, 0.717) is 5.56 Å². The number of hydrogen-bond acceptors (Lipinski definition) is 5. The molecule has 1 saturated heterocycles. The molecule has 1 heterocycles. The molecule has 0 bridgehead atoms. The van der Waals surface area contributed by atoms with E-state index in [4.69, 9.17) is 0 Å². The molecule has 0 spiro atoms. The van der Waals surface area contributed by atoms with Gasteiger partial charge < -0.3 is 15.1 Å². The lowest BCUT2D eigenvalue weighted by Gasteiger charge is -2.36. The van der Waals surface area contributed by atoms with Gasteiger partial charge in [-0.1, -0.05) is 18.2 Å². The summed E-state index contributed by atoms with van der Waals surface area (Å²) in [6.07, 6.45) is 0. The first-order chi connectivity index (χ1) is 15.1. The number of nitrogens with zero attached hydrogens (tertiary/aromatic N) is 2. The summed E-state index contributed by atoms with van der Waals surface area (Å²) in [5.74, 6) is -2.29. The monoisotopic (exact) mass is 461 g/mol. The summed E-state index contributed by atoms with van der Waals surface area (Å²) in [6.45, 7) is 3.90. The summed E-state index contributed by atoms with van der Waals surface area (Å²) >= 11 is 0. The topological polar surface area (TPSA) is 104 Å². The van der Waals surface area contributed by atoms with Crippen molar-refractivity contribution >= 4 is 27.6 Å².